The van der Waals surface area contributed by atoms with Crippen molar-refractivity contribution in [2.75, 3.05) is 6.54 Å². The van der Waals surface area contributed by atoms with Crippen LogP contribution < -0.4 is 11.1 Å². The van der Waals surface area contributed by atoms with E-state index in [0.29, 0.717) is 5.11 Å². The third kappa shape index (κ3) is 3.70. The first-order chi connectivity index (χ1) is 7.26. The number of nitrogens with one attached hydrogen (secondary N) is 2. The van der Waals surface area contributed by atoms with Gasteiger partial charge in [0.25, 0.3) is 0 Å². The molecular formula is C11H22N4S. The average Bonchev–Trinajstić information content (AvgIpc) is 2.12. The van der Waals surface area contributed by atoms with Gasteiger partial charge in [0.2, 0.25) is 0 Å². The standard InChI is InChI=1S/C11H22N4S/c1-10(2)4-8(15-13)5-11(3,6-10)7-14-9(12)16/h8,13H,4-7H2,1-3H3,(H3,12,14,16). The van der Waals surface area contributed by atoms with Gasteiger partial charge in [0.05, 0.1) is 6.04 Å². The second kappa shape index (κ2) is 4.65. The van der Waals surface area contributed by atoms with E-state index in [1.54, 1.807) is 0 Å². The van der Waals surface area contributed by atoms with Gasteiger partial charge in [-0.3, -0.25) is 0 Å². The van der Waals surface area contributed by atoms with Gasteiger partial charge < -0.3 is 11.1 Å². The van der Waals surface area contributed by atoms with E-state index < -0.39 is 0 Å². The number of thiocarbonyl (C=S) groups is 1. The summed E-state index contributed by atoms with van der Waals surface area (Å²) in [4.78, 5) is 0. The zero-order valence-corrected chi connectivity index (χ0v) is 11.2. The first kappa shape index (κ1) is 13.4. The zero-order chi connectivity index (χ0) is 12.4. The molecule has 16 heavy (non-hydrogen) atoms. The Kier molecular flexibility index (Phi) is 3.88. The summed E-state index contributed by atoms with van der Waals surface area (Å²) in [6.45, 7) is 7.47. The first-order valence-corrected chi connectivity index (χ1v) is 6.07. The summed E-state index contributed by atoms with van der Waals surface area (Å²) in [6.07, 6.45) is 3.05. The van der Waals surface area contributed by atoms with Crippen molar-refractivity contribution in [3.63, 3.8) is 0 Å². The maximum atomic E-state index is 7.22. The lowest BCUT2D eigenvalue weighted by molar-refractivity contribution is 0.0844. The average molecular weight is 242 g/mol. The third-order valence-electron chi connectivity index (χ3n) is 3.29. The summed E-state index contributed by atoms with van der Waals surface area (Å²) in [5, 5.41) is 7.12. The fourth-order valence-corrected chi connectivity index (χ4v) is 3.18. The Morgan fingerprint density at radius 1 is 1.50 bits per heavy atom. The Hall–Kier alpha value is -0.710. The molecule has 0 saturated heterocycles. The molecule has 4 N–H and O–H groups in total. The molecule has 1 fully saturated rings. The van der Waals surface area contributed by atoms with Crippen molar-refractivity contribution in [3.8, 4) is 0 Å². The summed E-state index contributed by atoms with van der Waals surface area (Å²) in [5.74, 6) is 0. The summed E-state index contributed by atoms with van der Waals surface area (Å²) in [7, 11) is 0. The van der Waals surface area contributed by atoms with Gasteiger partial charge in [0.15, 0.2) is 5.11 Å². The van der Waals surface area contributed by atoms with Crippen molar-refractivity contribution < 1.29 is 0 Å². The van der Waals surface area contributed by atoms with Gasteiger partial charge in [-0.2, -0.15) is 5.11 Å². The molecule has 1 saturated carbocycles. The van der Waals surface area contributed by atoms with Crippen LogP contribution in [0.1, 0.15) is 40.0 Å². The van der Waals surface area contributed by atoms with Gasteiger partial charge in [-0.15, -0.1) is 0 Å². The molecule has 0 heterocycles. The minimum Gasteiger partial charge on any atom is -0.376 e. The van der Waals surface area contributed by atoms with Crippen LogP contribution in [0.2, 0.25) is 0 Å². The van der Waals surface area contributed by atoms with Crippen LogP contribution >= 0.6 is 12.2 Å². The highest BCUT2D eigenvalue weighted by Gasteiger charge is 2.41. The maximum Gasteiger partial charge on any atom is 0.163 e. The Morgan fingerprint density at radius 2 is 2.12 bits per heavy atom. The fourth-order valence-electron chi connectivity index (χ4n) is 3.11. The van der Waals surface area contributed by atoms with E-state index in [4.69, 9.17) is 23.5 Å². The molecule has 4 nitrogen and oxygen atoms in total. The van der Waals surface area contributed by atoms with Crippen LogP contribution in [-0.2, 0) is 0 Å². The number of hydrogen-bond acceptors (Lipinski definition) is 3. The van der Waals surface area contributed by atoms with Crippen molar-refractivity contribution in [1.29, 1.82) is 5.53 Å². The Labute approximate surface area is 103 Å². The van der Waals surface area contributed by atoms with Crippen molar-refractivity contribution in [2.45, 2.75) is 46.1 Å². The normalized spacial score (nSPS) is 33.1. The summed E-state index contributed by atoms with van der Waals surface area (Å²) in [6, 6.07) is 0.141. The summed E-state index contributed by atoms with van der Waals surface area (Å²) in [5.41, 5.74) is 13.0. The highest BCUT2D eigenvalue weighted by molar-refractivity contribution is 7.80. The van der Waals surface area contributed by atoms with Gasteiger partial charge in [0.1, 0.15) is 0 Å². The summed E-state index contributed by atoms with van der Waals surface area (Å²) >= 11 is 4.83. The topological polar surface area (TPSA) is 74.3 Å². The van der Waals surface area contributed by atoms with Crippen LogP contribution in [0.5, 0.6) is 0 Å². The predicted octanol–water partition coefficient (Wildman–Crippen LogP) is 2.44. The largest absolute Gasteiger partial charge is 0.376 e. The van der Waals surface area contributed by atoms with Crippen LogP contribution in [0.3, 0.4) is 0 Å². The smallest absolute Gasteiger partial charge is 0.163 e. The number of hydrogen-bond donors (Lipinski definition) is 3. The molecule has 0 aromatic rings. The number of rotatable bonds is 3. The molecule has 0 radical (unpaired) electrons. The van der Waals surface area contributed by atoms with E-state index in [-0.39, 0.29) is 16.9 Å². The molecule has 1 aliphatic rings. The quantitative estimate of drug-likeness (QED) is 0.525. The van der Waals surface area contributed by atoms with E-state index in [0.717, 1.165) is 25.8 Å². The van der Waals surface area contributed by atoms with E-state index in [9.17, 15) is 0 Å². The van der Waals surface area contributed by atoms with Crippen LogP contribution in [0, 0.1) is 16.4 Å². The van der Waals surface area contributed by atoms with Crippen LogP contribution in [-0.4, -0.2) is 17.7 Å². The lowest BCUT2D eigenvalue weighted by atomic mass is 9.63. The highest BCUT2D eigenvalue weighted by atomic mass is 32.1. The molecule has 1 rings (SSSR count). The van der Waals surface area contributed by atoms with Crippen molar-refractivity contribution >= 4 is 17.3 Å². The van der Waals surface area contributed by atoms with E-state index in [1.165, 1.54) is 0 Å². The Balaban J connectivity index is 2.70. The van der Waals surface area contributed by atoms with Crippen LogP contribution in [0.15, 0.2) is 5.11 Å². The minimum absolute atomic E-state index is 0.125. The lowest BCUT2D eigenvalue weighted by Gasteiger charge is -2.45. The molecule has 5 heteroatoms. The molecule has 2 unspecified atom stereocenters. The van der Waals surface area contributed by atoms with Gasteiger partial charge >= 0.3 is 0 Å². The number of nitrogens with two attached hydrogens (primary N) is 1. The van der Waals surface area contributed by atoms with Gasteiger partial charge in [-0.25, -0.2) is 5.53 Å². The molecule has 0 aliphatic heterocycles. The summed E-state index contributed by atoms with van der Waals surface area (Å²) < 4.78 is 0. The Bertz CT molecular complexity index is 290. The molecule has 2 atom stereocenters. The van der Waals surface area contributed by atoms with Crippen LogP contribution in [0.4, 0.5) is 0 Å². The van der Waals surface area contributed by atoms with Crippen molar-refractivity contribution in [2.24, 2.45) is 21.7 Å². The molecular weight excluding hydrogens is 220 g/mol. The van der Waals surface area contributed by atoms with Crippen molar-refractivity contribution in [1.82, 2.24) is 5.32 Å². The highest BCUT2D eigenvalue weighted by Crippen LogP contribution is 2.46. The first-order valence-electron chi connectivity index (χ1n) is 5.66. The Morgan fingerprint density at radius 3 is 2.62 bits per heavy atom. The van der Waals surface area contributed by atoms with E-state index in [1.807, 2.05) is 0 Å². The molecule has 0 aromatic carbocycles. The molecule has 1 aliphatic carbocycles. The maximum absolute atomic E-state index is 7.22. The minimum atomic E-state index is 0.125. The monoisotopic (exact) mass is 242 g/mol. The molecule has 0 bridgehead atoms. The van der Waals surface area contributed by atoms with Crippen molar-refractivity contribution in [3.05, 3.63) is 0 Å². The van der Waals surface area contributed by atoms with E-state index >= 15 is 0 Å². The second-order valence-corrected chi connectivity index (χ2v) is 6.50. The SMILES string of the molecule is CC1(C)CC(N=N)CC(C)(CNC(N)=S)C1. The molecule has 92 valence electrons. The molecule has 0 aromatic heterocycles. The zero-order valence-electron chi connectivity index (χ0n) is 10.3. The fraction of sp³-hybridized carbons (Fsp3) is 0.909. The van der Waals surface area contributed by atoms with Crippen LogP contribution in [0.25, 0.3) is 0 Å². The molecule has 0 amide bonds. The third-order valence-corrected chi connectivity index (χ3v) is 3.44. The second-order valence-electron chi connectivity index (χ2n) is 6.06. The lowest BCUT2D eigenvalue weighted by Crippen LogP contribution is -2.45. The number of nitrogens with zero attached hydrogens (tertiary/aromatic N) is 1. The van der Waals surface area contributed by atoms with E-state index in [2.05, 4.69) is 31.2 Å². The predicted molar refractivity (Wildman–Crippen MR) is 69.5 cm³/mol. The van der Waals surface area contributed by atoms with Gasteiger partial charge in [0, 0.05) is 6.54 Å². The van der Waals surface area contributed by atoms with Gasteiger partial charge in [-0.1, -0.05) is 20.8 Å². The molecule has 0 spiro atoms. The van der Waals surface area contributed by atoms with Gasteiger partial charge in [-0.05, 0) is 42.3 Å².